The molecule has 7 nitrogen and oxygen atoms in total. The first kappa shape index (κ1) is 22.3. The van der Waals surface area contributed by atoms with E-state index in [9.17, 15) is 4.79 Å². The molecule has 0 spiro atoms. The first-order valence-electron chi connectivity index (χ1n) is 10.8. The van der Waals surface area contributed by atoms with Gasteiger partial charge in [-0.1, -0.05) is 42.5 Å². The van der Waals surface area contributed by atoms with Crippen LogP contribution in [0.15, 0.2) is 59.6 Å². The fourth-order valence-corrected chi connectivity index (χ4v) is 3.59. The number of hydrogen-bond donors (Lipinski definition) is 2. The Labute approximate surface area is 184 Å². The van der Waals surface area contributed by atoms with Crippen LogP contribution < -0.4 is 10.6 Å². The van der Waals surface area contributed by atoms with Crippen molar-refractivity contribution >= 4 is 22.9 Å². The number of guanidine groups is 1. The number of aromatic nitrogens is 2. The molecule has 0 atom stereocenters. The Kier molecular flexibility index (Phi) is 8.04. The molecule has 1 heterocycles. The maximum Gasteiger partial charge on any atom is 0.242 e. The van der Waals surface area contributed by atoms with Crippen LogP contribution in [0.2, 0.25) is 0 Å². The molecule has 0 fully saturated rings. The van der Waals surface area contributed by atoms with Crippen LogP contribution in [0, 0.1) is 6.92 Å². The van der Waals surface area contributed by atoms with Crippen LogP contribution in [0.1, 0.15) is 24.7 Å². The summed E-state index contributed by atoms with van der Waals surface area (Å²) in [4.78, 5) is 23.3. The van der Waals surface area contributed by atoms with Crippen molar-refractivity contribution < 1.29 is 4.79 Å². The summed E-state index contributed by atoms with van der Waals surface area (Å²) in [5, 5.41) is 6.43. The largest absolute Gasteiger partial charge is 0.356 e. The highest BCUT2D eigenvalue weighted by atomic mass is 16.2. The van der Waals surface area contributed by atoms with E-state index in [1.807, 2.05) is 67.3 Å². The minimum atomic E-state index is 0.0508. The number of aliphatic imine (C=N–C) groups is 1. The summed E-state index contributed by atoms with van der Waals surface area (Å²) in [7, 11) is 1.72. The molecule has 0 aliphatic carbocycles. The molecule has 0 saturated heterocycles. The zero-order valence-corrected chi connectivity index (χ0v) is 18.6. The molecule has 1 aromatic heterocycles. The first-order valence-corrected chi connectivity index (χ1v) is 10.8. The van der Waals surface area contributed by atoms with Crippen molar-refractivity contribution in [3.63, 3.8) is 0 Å². The summed E-state index contributed by atoms with van der Waals surface area (Å²) in [6.45, 7) is 7.15. The number of rotatable bonds is 9. The van der Waals surface area contributed by atoms with Gasteiger partial charge in [-0.05, 0) is 38.0 Å². The molecular formula is C24H32N6O. The second-order valence-electron chi connectivity index (χ2n) is 7.40. The number of para-hydroxylation sites is 2. The summed E-state index contributed by atoms with van der Waals surface area (Å²) in [5.41, 5.74) is 3.31. The molecule has 3 aromatic rings. The maximum absolute atomic E-state index is 12.6. The minimum absolute atomic E-state index is 0.0508. The fourth-order valence-electron chi connectivity index (χ4n) is 3.59. The zero-order chi connectivity index (χ0) is 22.1. The average Bonchev–Trinajstić information content (AvgIpc) is 3.12. The number of carbonyl (C=O) groups is 1. The summed E-state index contributed by atoms with van der Waals surface area (Å²) >= 11 is 0. The van der Waals surface area contributed by atoms with Crippen LogP contribution in [0.25, 0.3) is 11.0 Å². The second kappa shape index (κ2) is 11.2. The molecule has 2 aromatic carbocycles. The monoisotopic (exact) mass is 420 g/mol. The van der Waals surface area contributed by atoms with Gasteiger partial charge in [-0.3, -0.25) is 9.79 Å². The smallest absolute Gasteiger partial charge is 0.242 e. The lowest BCUT2D eigenvalue weighted by Crippen LogP contribution is -2.44. The number of carbonyl (C=O) groups excluding carboxylic acids is 1. The highest BCUT2D eigenvalue weighted by molar-refractivity contribution is 5.86. The molecule has 0 radical (unpaired) electrons. The van der Waals surface area contributed by atoms with E-state index in [0.717, 1.165) is 41.9 Å². The normalized spacial score (nSPS) is 11.5. The van der Waals surface area contributed by atoms with Crippen molar-refractivity contribution in [3.05, 3.63) is 66.0 Å². The van der Waals surface area contributed by atoms with Crippen molar-refractivity contribution in [2.24, 2.45) is 4.99 Å². The van der Waals surface area contributed by atoms with Crippen molar-refractivity contribution in [1.29, 1.82) is 0 Å². The number of likely N-dealkylation sites (N-methyl/N-ethyl adjacent to an activating group) is 1. The summed E-state index contributed by atoms with van der Waals surface area (Å²) < 4.78 is 2.24. The Morgan fingerprint density at radius 3 is 2.58 bits per heavy atom. The Morgan fingerprint density at radius 1 is 1.10 bits per heavy atom. The molecule has 0 saturated carbocycles. The van der Waals surface area contributed by atoms with E-state index in [1.165, 1.54) is 0 Å². The highest BCUT2D eigenvalue weighted by Crippen LogP contribution is 2.15. The number of hydrogen-bond acceptors (Lipinski definition) is 3. The van der Waals surface area contributed by atoms with E-state index in [1.54, 1.807) is 7.05 Å². The van der Waals surface area contributed by atoms with Crippen LogP contribution in [0.5, 0.6) is 0 Å². The quantitative estimate of drug-likeness (QED) is 0.317. The average molecular weight is 421 g/mol. The van der Waals surface area contributed by atoms with Gasteiger partial charge in [0, 0.05) is 33.2 Å². The third kappa shape index (κ3) is 6.07. The Morgan fingerprint density at radius 2 is 1.84 bits per heavy atom. The molecule has 31 heavy (non-hydrogen) atoms. The Hall–Kier alpha value is -3.35. The Balaban J connectivity index is 1.43. The molecule has 3 rings (SSSR count). The van der Waals surface area contributed by atoms with Crippen LogP contribution in [-0.2, 0) is 17.9 Å². The minimum Gasteiger partial charge on any atom is -0.356 e. The van der Waals surface area contributed by atoms with Gasteiger partial charge in [-0.15, -0.1) is 0 Å². The third-order valence-electron chi connectivity index (χ3n) is 5.28. The van der Waals surface area contributed by atoms with Crippen molar-refractivity contribution in [3.8, 4) is 0 Å². The van der Waals surface area contributed by atoms with Gasteiger partial charge in [0.25, 0.3) is 0 Å². The predicted molar refractivity (Wildman–Crippen MR) is 126 cm³/mol. The SMILES string of the molecule is CCN(Cc1ccccc1)C(=O)CNC(=NC)NCCCn1c(C)nc2ccccc21. The first-order chi connectivity index (χ1) is 15.1. The number of aryl methyl sites for hydroxylation is 2. The lowest BCUT2D eigenvalue weighted by Gasteiger charge is -2.22. The molecule has 164 valence electrons. The lowest BCUT2D eigenvalue weighted by molar-refractivity contribution is -0.130. The topological polar surface area (TPSA) is 74.6 Å². The van der Waals surface area contributed by atoms with E-state index in [4.69, 9.17) is 0 Å². The number of nitrogens with one attached hydrogen (secondary N) is 2. The predicted octanol–water partition coefficient (Wildman–Crippen LogP) is 2.95. The molecule has 1 amide bonds. The molecule has 7 heteroatoms. The van der Waals surface area contributed by atoms with Gasteiger partial charge in [-0.25, -0.2) is 4.98 Å². The molecule has 0 aliphatic heterocycles. The van der Waals surface area contributed by atoms with Crippen molar-refractivity contribution in [1.82, 2.24) is 25.1 Å². The van der Waals surface area contributed by atoms with E-state index < -0.39 is 0 Å². The third-order valence-corrected chi connectivity index (χ3v) is 5.28. The Bertz CT molecular complexity index is 1010. The van der Waals surface area contributed by atoms with E-state index in [2.05, 4.69) is 31.2 Å². The van der Waals surface area contributed by atoms with Crippen molar-refractivity contribution in [2.45, 2.75) is 33.4 Å². The number of benzene rings is 2. The molecule has 0 unspecified atom stereocenters. The van der Waals surface area contributed by atoms with Crippen molar-refractivity contribution in [2.75, 3.05) is 26.7 Å². The van der Waals surface area contributed by atoms with Gasteiger partial charge in [0.1, 0.15) is 5.82 Å². The highest BCUT2D eigenvalue weighted by Gasteiger charge is 2.13. The number of nitrogens with zero attached hydrogens (tertiary/aromatic N) is 4. The van der Waals surface area contributed by atoms with Crippen LogP contribution >= 0.6 is 0 Å². The zero-order valence-electron chi connectivity index (χ0n) is 18.6. The standard InChI is InChI=1S/C24H32N6O/c1-4-29(18-20-11-6-5-7-12-20)23(31)17-27-24(25-3)26-15-10-16-30-19(2)28-21-13-8-9-14-22(21)30/h5-9,11-14H,4,10,15-18H2,1-3H3,(H2,25,26,27). The van der Waals surface area contributed by atoms with Gasteiger partial charge >= 0.3 is 0 Å². The van der Waals surface area contributed by atoms with E-state index in [0.29, 0.717) is 19.0 Å². The summed E-state index contributed by atoms with van der Waals surface area (Å²) in [5.74, 6) is 1.71. The fraction of sp³-hybridized carbons (Fsp3) is 0.375. The van der Waals surface area contributed by atoms with Gasteiger partial charge in [0.2, 0.25) is 5.91 Å². The molecule has 0 aliphatic rings. The van der Waals surface area contributed by atoms with Crippen LogP contribution in [0.4, 0.5) is 0 Å². The number of amides is 1. The molecular weight excluding hydrogens is 388 g/mol. The van der Waals surface area contributed by atoms with Gasteiger partial charge in [0.05, 0.1) is 17.6 Å². The van der Waals surface area contributed by atoms with Gasteiger partial charge < -0.3 is 20.1 Å². The second-order valence-corrected chi connectivity index (χ2v) is 7.40. The van der Waals surface area contributed by atoms with Gasteiger partial charge in [-0.2, -0.15) is 0 Å². The summed E-state index contributed by atoms with van der Waals surface area (Å²) in [6.07, 6.45) is 0.922. The summed E-state index contributed by atoms with van der Waals surface area (Å²) in [6, 6.07) is 18.2. The van der Waals surface area contributed by atoms with Gasteiger partial charge in [0.15, 0.2) is 5.96 Å². The van der Waals surface area contributed by atoms with E-state index in [-0.39, 0.29) is 12.5 Å². The molecule has 0 bridgehead atoms. The number of imidazole rings is 1. The van der Waals surface area contributed by atoms with Crippen LogP contribution in [-0.4, -0.2) is 53.0 Å². The number of fused-ring (bicyclic) bond motifs is 1. The lowest BCUT2D eigenvalue weighted by atomic mass is 10.2. The maximum atomic E-state index is 12.6. The molecule has 2 N–H and O–H groups in total. The van der Waals surface area contributed by atoms with E-state index >= 15 is 0 Å². The van der Waals surface area contributed by atoms with Crippen LogP contribution in [0.3, 0.4) is 0 Å².